The van der Waals surface area contributed by atoms with Crippen LogP contribution in [0.1, 0.15) is 12.1 Å². The Morgan fingerprint density at radius 2 is 2.29 bits per heavy atom. The molecule has 3 aromatic rings. The molecule has 3 aromatic heterocycles. The van der Waals surface area contributed by atoms with Crippen molar-refractivity contribution in [2.24, 2.45) is 7.05 Å². The van der Waals surface area contributed by atoms with E-state index in [0.29, 0.717) is 37.5 Å². The van der Waals surface area contributed by atoms with E-state index in [0.717, 1.165) is 11.2 Å². The quantitative estimate of drug-likeness (QED) is 0.729. The maximum absolute atomic E-state index is 13.9. The number of fused-ring (bicyclic) bond motifs is 1. The number of imidazole rings is 1. The molecule has 0 saturated carbocycles. The van der Waals surface area contributed by atoms with Gasteiger partial charge in [0.05, 0.1) is 12.0 Å². The summed E-state index contributed by atoms with van der Waals surface area (Å²) in [5.41, 5.74) is 2.46. The molecule has 1 saturated heterocycles. The first-order valence-electron chi connectivity index (χ1n) is 7.93. The topological polar surface area (TPSA) is 87.6 Å². The third kappa shape index (κ3) is 2.82. The minimum Gasteiger partial charge on any atom is -0.367 e. The van der Waals surface area contributed by atoms with Gasteiger partial charge < -0.3 is 10.3 Å². The number of hydrogen-bond donors (Lipinski definition) is 2. The number of nitrogens with one attached hydrogen (secondary N) is 2. The molecular formula is C15H19FN8. The Morgan fingerprint density at radius 1 is 1.38 bits per heavy atom. The molecule has 0 amide bonds. The predicted octanol–water partition coefficient (Wildman–Crippen LogP) is 1.11. The van der Waals surface area contributed by atoms with E-state index >= 15 is 0 Å². The molecule has 0 unspecified atom stereocenters. The zero-order chi connectivity index (χ0) is 16.5. The van der Waals surface area contributed by atoms with Gasteiger partial charge in [0.2, 0.25) is 0 Å². The van der Waals surface area contributed by atoms with Crippen molar-refractivity contribution < 1.29 is 4.39 Å². The molecule has 0 aliphatic carbocycles. The van der Waals surface area contributed by atoms with Gasteiger partial charge in [-0.25, -0.2) is 19.3 Å². The zero-order valence-electron chi connectivity index (χ0n) is 13.4. The van der Waals surface area contributed by atoms with Gasteiger partial charge in [0.15, 0.2) is 11.5 Å². The third-order valence-corrected chi connectivity index (χ3v) is 4.49. The van der Waals surface area contributed by atoms with Gasteiger partial charge in [0, 0.05) is 38.9 Å². The lowest BCUT2D eigenvalue weighted by Gasteiger charge is -2.24. The molecule has 126 valence electrons. The number of hydrogen-bond acceptors (Lipinski definition) is 6. The summed E-state index contributed by atoms with van der Waals surface area (Å²) in [6.07, 6.45) is 4.55. The highest BCUT2D eigenvalue weighted by Gasteiger charge is 2.32. The smallest absolute Gasteiger partial charge is 0.182 e. The van der Waals surface area contributed by atoms with Crippen LogP contribution in [-0.2, 0) is 13.6 Å². The second-order valence-corrected chi connectivity index (χ2v) is 6.07. The number of nitrogens with zero attached hydrogens (tertiary/aromatic N) is 6. The Bertz CT molecular complexity index is 828. The van der Waals surface area contributed by atoms with Crippen molar-refractivity contribution >= 4 is 17.0 Å². The number of aryl methyl sites for hydroxylation is 1. The van der Waals surface area contributed by atoms with Gasteiger partial charge in [-0.15, -0.1) is 0 Å². The molecule has 1 fully saturated rings. The summed E-state index contributed by atoms with van der Waals surface area (Å²) in [5.74, 6) is 0.695. The number of H-pyrrole nitrogens is 1. The van der Waals surface area contributed by atoms with Gasteiger partial charge in [0.1, 0.15) is 18.0 Å². The van der Waals surface area contributed by atoms with Crippen molar-refractivity contribution in [2.75, 3.05) is 18.4 Å². The SMILES string of the molecule is Cn1nccc1CN1C[C@@H](F)C[C@H]1CNc1ncnc2nc[nH]c12. The molecule has 4 heterocycles. The van der Waals surface area contributed by atoms with Crippen LogP contribution in [0.3, 0.4) is 0 Å². The normalized spacial score (nSPS) is 21.6. The highest BCUT2D eigenvalue weighted by atomic mass is 19.1. The number of anilines is 1. The highest BCUT2D eigenvalue weighted by Crippen LogP contribution is 2.23. The molecule has 24 heavy (non-hydrogen) atoms. The molecule has 2 atom stereocenters. The van der Waals surface area contributed by atoms with Gasteiger partial charge in [-0.1, -0.05) is 0 Å². The molecule has 1 aliphatic rings. The maximum Gasteiger partial charge on any atom is 0.182 e. The lowest BCUT2D eigenvalue weighted by atomic mass is 10.2. The minimum atomic E-state index is -0.803. The zero-order valence-corrected chi connectivity index (χ0v) is 13.4. The monoisotopic (exact) mass is 330 g/mol. The Labute approximate surface area is 138 Å². The van der Waals surface area contributed by atoms with E-state index in [4.69, 9.17) is 0 Å². The predicted molar refractivity (Wildman–Crippen MR) is 87.1 cm³/mol. The Morgan fingerprint density at radius 3 is 3.12 bits per heavy atom. The van der Waals surface area contributed by atoms with Crippen molar-refractivity contribution in [3.63, 3.8) is 0 Å². The number of rotatable bonds is 5. The van der Waals surface area contributed by atoms with Gasteiger partial charge in [0.25, 0.3) is 0 Å². The van der Waals surface area contributed by atoms with Gasteiger partial charge >= 0.3 is 0 Å². The molecule has 0 bridgehead atoms. The van der Waals surface area contributed by atoms with Crippen LogP contribution in [0.25, 0.3) is 11.2 Å². The van der Waals surface area contributed by atoms with E-state index in [2.05, 4.69) is 35.3 Å². The minimum absolute atomic E-state index is 0.0998. The maximum atomic E-state index is 13.9. The summed E-state index contributed by atoms with van der Waals surface area (Å²) in [4.78, 5) is 17.7. The van der Waals surface area contributed by atoms with E-state index < -0.39 is 6.17 Å². The lowest BCUT2D eigenvalue weighted by molar-refractivity contribution is 0.235. The van der Waals surface area contributed by atoms with E-state index in [1.54, 1.807) is 12.5 Å². The van der Waals surface area contributed by atoms with Crippen molar-refractivity contribution in [3.05, 3.63) is 30.6 Å². The van der Waals surface area contributed by atoms with Gasteiger partial charge in [-0.2, -0.15) is 5.10 Å². The Kier molecular flexibility index (Phi) is 3.85. The first kappa shape index (κ1) is 15.0. The summed E-state index contributed by atoms with van der Waals surface area (Å²) < 4.78 is 15.8. The van der Waals surface area contributed by atoms with E-state index in [9.17, 15) is 4.39 Å². The van der Waals surface area contributed by atoms with Crippen molar-refractivity contribution in [2.45, 2.75) is 25.2 Å². The van der Waals surface area contributed by atoms with Crippen LogP contribution in [-0.4, -0.2) is 59.9 Å². The second-order valence-electron chi connectivity index (χ2n) is 6.07. The van der Waals surface area contributed by atoms with E-state index in [1.165, 1.54) is 6.33 Å². The molecule has 8 nitrogen and oxygen atoms in total. The third-order valence-electron chi connectivity index (χ3n) is 4.49. The summed E-state index contributed by atoms with van der Waals surface area (Å²) >= 11 is 0. The van der Waals surface area contributed by atoms with Crippen LogP contribution in [0, 0.1) is 0 Å². The number of alkyl halides is 1. The first-order chi connectivity index (χ1) is 11.7. The van der Waals surface area contributed by atoms with Gasteiger partial charge in [-0.3, -0.25) is 9.58 Å². The molecule has 0 aromatic carbocycles. The summed E-state index contributed by atoms with van der Waals surface area (Å²) in [7, 11) is 1.90. The van der Waals surface area contributed by atoms with Crippen molar-refractivity contribution in [1.29, 1.82) is 0 Å². The van der Waals surface area contributed by atoms with Crippen LogP contribution in [0.2, 0.25) is 0 Å². The fourth-order valence-electron chi connectivity index (χ4n) is 3.21. The number of aromatic nitrogens is 6. The standard InChI is InChI=1S/C15H19FN8/c1-23-11(2-3-22-23)7-24-6-10(16)4-12(24)5-17-14-13-15(19-8-18-13)21-9-20-14/h2-3,8-10,12H,4-7H2,1H3,(H2,17,18,19,20,21)/t10-,12-/m0/s1. The lowest BCUT2D eigenvalue weighted by Crippen LogP contribution is -2.35. The molecule has 1 aliphatic heterocycles. The summed E-state index contributed by atoms with van der Waals surface area (Å²) in [6.45, 7) is 1.75. The van der Waals surface area contributed by atoms with Crippen LogP contribution in [0.15, 0.2) is 24.9 Å². The Hall–Kier alpha value is -2.55. The van der Waals surface area contributed by atoms with Crippen LogP contribution in [0.4, 0.5) is 10.2 Å². The fourth-order valence-corrected chi connectivity index (χ4v) is 3.21. The van der Waals surface area contributed by atoms with Crippen LogP contribution in [0.5, 0.6) is 0 Å². The van der Waals surface area contributed by atoms with Crippen molar-refractivity contribution in [1.82, 2.24) is 34.6 Å². The van der Waals surface area contributed by atoms with Crippen LogP contribution >= 0.6 is 0 Å². The Balaban J connectivity index is 1.46. The average Bonchev–Trinajstić information content (AvgIpc) is 3.27. The summed E-state index contributed by atoms with van der Waals surface area (Å²) in [5, 5.41) is 7.48. The largest absolute Gasteiger partial charge is 0.367 e. The molecule has 4 rings (SSSR count). The van der Waals surface area contributed by atoms with Crippen LogP contribution < -0.4 is 5.32 Å². The highest BCUT2D eigenvalue weighted by molar-refractivity contribution is 5.81. The fraction of sp³-hybridized carbons (Fsp3) is 0.467. The number of aromatic amines is 1. The van der Waals surface area contributed by atoms with Crippen molar-refractivity contribution in [3.8, 4) is 0 Å². The second kappa shape index (κ2) is 6.16. The molecule has 2 N–H and O–H groups in total. The number of likely N-dealkylation sites (tertiary alicyclic amines) is 1. The van der Waals surface area contributed by atoms with Gasteiger partial charge in [-0.05, 0) is 12.5 Å². The first-order valence-corrected chi connectivity index (χ1v) is 7.93. The average molecular weight is 330 g/mol. The van der Waals surface area contributed by atoms with E-state index in [-0.39, 0.29) is 6.04 Å². The summed E-state index contributed by atoms with van der Waals surface area (Å²) in [6, 6.07) is 2.07. The molecule has 9 heteroatoms. The molecule has 0 spiro atoms. The van der Waals surface area contributed by atoms with E-state index in [1.807, 2.05) is 17.8 Å². The molecule has 0 radical (unpaired) electrons. The molecular weight excluding hydrogens is 311 g/mol. The number of halogens is 1.